The number of nitrogens with one attached hydrogen (secondary N) is 1. The number of carbonyl (C=O) groups excluding carboxylic acids is 1. The molecule has 0 saturated heterocycles. The number of nitrogens with zero attached hydrogens (tertiary/aromatic N) is 2. The van der Waals surface area contributed by atoms with Gasteiger partial charge in [0.1, 0.15) is 6.54 Å². The molecule has 0 spiro atoms. The summed E-state index contributed by atoms with van der Waals surface area (Å²) >= 11 is 1.76. The summed E-state index contributed by atoms with van der Waals surface area (Å²) in [7, 11) is -3.81. The van der Waals surface area contributed by atoms with Gasteiger partial charge in [-0.25, -0.2) is 8.42 Å². The zero-order chi connectivity index (χ0) is 23.0. The van der Waals surface area contributed by atoms with Crippen LogP contribution in [-0.2, 0) is 20.6 Å². The van der Waals surface area contributed by atoms with Crippen molar-refractivity contribution in [2.75, 3.05) is 29.4 Å². The number of sulfonamides is 1. The number of thioether (sulfide) groups is 1. The molecule has 0 aliphatic heterocycles. The van der Waals surface area contributed by atoms with Crippen LogP contribution in [0.2, 0.25) is 0 Å². The van der Waals surface area contributed by atoms with Crippen LogP contribution >= 0.6 is 11.8 Å². The topological polar surface area (TPSA) is 110 Å². The van der Waals surface area contributed by atoms with Gasteiger partial charge in [-0.1, -0.05) is 35.9 Å². The number of amides is 1. The maximum Gasteiger partial charge on any atom is 0.271 e. The van der Waals surface area contributed by atoms with Gasteiger partial charge in [-0.2, -0.15) is 11.8 Å². The number of benzene rings is 2. The van der Waals surface area contributed by atoms with Crippen LogP contribution in [0.15, 0.2) is 42.5 Å². The lowest BCUT2D eigenvalue weighted by Crippen LogP contribution is -2.41. The molecule has 2 aromatic rings. The second-order valence-electron chi connectivity index (χ2n) is 7.24. The Balaban J connectivity index is 1.87. The van der Waals surface area contributed by atoms with Crippen molar-refractivity contribution < 1.29 is 18.1 Å². The number of nitro groups is 1. The summed E-state index contributed by atoms with van der Waals surface area (Å²) in [6.07, 6.45) is 1.72. The highest BCUT2D eigenvalue weighted by molar-refractivity contribution is 7.98. The summed E-state index contributed by atoms with van der Waals surface area (Å²) in [4.78, 5) is 22.8. The molecule has 0 aliphatic rings. The van der Waals surface area contributed by atoms with Gasteiger partial charge in [0, 0.05) is 24.4 Å². The van der Waals surface area contributed by atoms with E-state index >= 15 is 0 Å². The third kappa shape index (κ3) is 7.87. The Morgan fingerprint density at radius 2 is 1.84 bits per heavy atom. The first-order valence-electron chi connectivity index (χ1n) is 9.70. The Labute approximate surface area is 187 Å². The minimum Gasteiger partial charge on any atom is -0.354 e. The Morgan fingerprint density at radius 1 is 1.16 bits per heavy atom. The number of hydrogen-bond acceptors (Lipinski definition) is 6. The van der Waals surface area contributed by atoms with Crippen molar-refractivity contribution in [2.24, 2.45) is 0 Å². The van der Waals surface area contributed by atoms with E-state index in [0.717, 1.165) is 28.5 Å². The average Bonchev–Trinajstić information content (AvgIpc) is 2.69. The van der Waals surface area contributed by atoms with Crippen LogP contribution < -0.4 is 9.62 Å². The monoisotopic (exact) mass is 465 g/mol. The standard InChI is InChI=1S/C21H27N3O5S2/c1-16-5-8-18(9-6-16)15-30-12-4-11-22-21(25)14-23(31(3,28)29)20-13-19(24(26)27)10-7-17(20)2/h5-10,13H,4,11-12,14-15H2,1-3H3,(H,22,25). The lowest BCUT2D eigenvalue weighted by Gasteiger charge is -2.23. The lowest BCUT2D eigenvalue weighted by atomic mass is 10.2. The van der Waals surface area contributed by atoms with Gasteiger partial charge in [0.05, 0.1) is 16.9 Å². The molecule has 2 rings (SSSR count). The Bertz CT molecular complexity index is 1020. The fourth-order valence-corrected chi connectivity index (χ4v) is 4.65. The highest BCUT2D eigenvalue weighted by atomic mass is 32.2. The molecule has 0 saturated carbocycles. The van der Waals surface area contributed by atoms with Gasteiger partial charge in [-0.3, -0.25) is 19.2 Å². The molecule has 0 bridgehead atoms. The van der Waals surface area contributed by atoms with Crippen LogP contribution in [0.1, 0.15) is 23.1 Å². The van der Waals surface area contributed by atoms with E-state index in [1.807, 2.05) is 6.92 Å². The minimum atomic E-state index is -3.81. The van der Waals surface area contributed by atoms with Crippen molar-refractivity contribution in [1.29, 1.82) is 0 Å². The number of rotatable bonds is 11. The molecule has 0 heterocycles. The largest absolute Gasteiger partial charge is 0.354 e. The van der Waals surface area contributed by atoms with Crippen molar-refractivity contribution in [3.05, 3.63) is 69.3 Å². The first-order chi connectivity index (χ1) is 14.6. The summed E-state index contributed by atoms with van der Waals surface area (Å²) in [5.74, 6) is 1.29. The normalized spacial score (nSPS) is 11.2. The predicted octanol–water partition coefficient (Wildman–Crippen LogP) is 3.42. The quantitative estimate of drug-likeness (QED) is 0.309. The molecule has 0 atom stereocenters. The number of hydrogen-bond donors (Lipinski definition) is 1. The second kappa shape index (κ2) is 11.1. The van der Waals surface area contributed by atoms with Crippen LogP contribution in [0.3, 0.4) is 0 Å². The van der Waals surface area contributed by atoms with Crippen LogP contribution in [0.5, 0.6) is 0 Å². The number of nitro benzene ring substituents is 1. The predicted molar refractivity (Wildman–Crippen MR) is 125 cm³/mol. The Kier molecular flexibility index (Phi) is 8.88. The zero-order valence-corrected chi connectivity index (χ0v) is 19.5. The zero-order valence-electron chi connectivity index (χ0n) is 17.8. The number of aryl methyl sites for hydroxylation is 2. The van der Waals surface area contributed by atoms with E-state index < -0.39 is 27.4 Å². The fourth-order valence-electron chi connectivity index (χ4n) is 2.82. The number of non-ortho nitro benzene ring substituents is 1. The van der Waals surface area contributed by atoms with Gasteiger partial charge < -0.3 is 5.32 Å². The molecule has 0 unspecified atom stereocenters. The molecule has 0 radical (unpaired) electrons. The number of carbonyl (C=O) groups is 1. The summed E-state index contributed by atoms with van der Waals surface area (Å²) in [6.45, 7) is 3.67. The van der Waals surface area contributed by atoms with E-state index in [-0.39, 0.29) is 11.4 Å². The molecule has 10 heteroatoms. The maximum absolute atomic E-state index is 12.3. The molecule has 0 aromatic heterocycles. The van der Waals surface area contributed by atoms with Crippen LogP contribution in [0.25, 0.3) is 0 Å². The smallest absolute Gasteiger partial charge is 0.271 e. The molecule has 1 amide bonds. The van der Waals surface area contributed by atoms with Gasteiger partial charge >= 0.3 is 0 Å². The van der Waals surface area contributed by atoms with E-state index in [4.69, 9.17) is 0 Å². The highest BCUT2D eigenvalue weighted by Gasteiger charge is 2.24. The summed E-state index contributed by atoms with van der Waals surface area (Å²) < 4.78 is 25.4. The Morgan fingerprint density at radius 3 is 2.45 bits per heavy atom. The second-order valence-corrected chi connectivity index (χ2v) is 10.3. The van der Waals surface area contributed by atoms with Gasteiger partial charge in [-0.05, 0) is 37.1 Å². The first-order valence-corrected chi connectivity index (χ1v) is 12.7. The average molecular weight is 466 g/mol. The Hall–Kier alpha value is -2.59. The fraction of sp³-hybridized carbons (Fsp3) is 0.381. The van der Waals surface area contributed by atoms with E-state index in [1.54, 1.807) is 18.7 Å². The summed E-state index contributed by atoms with van der Waals surface area (Å²) in [5.41, 5.74) is 2.88. The van der Waals surface area contributed by atoms with E-state index in [1.165, 1.54) is 29.3 Å². The third-order valence-electron chi connectivity index (χ3n) is 4.54. The molecule has 0 fully saturated rings. The highest BCUT2D eigenvalue weighted by Crippen LogP contribution is 2.27. The van der Waals surface area contributed by atoms with Crippen molar-refractivity contribution in [3.8, 4) is 0 Å². The third-order valence-corrected chi connectivity index (χ3v) is 6.78. The van der Waals surface area contributed by atoms with E-state index in [0.29, 0.717) is 12.1 Å². The molecular weight excluding hydrogens is 438 g/mol. The molecule has 31 heavy (non-hydrogen) atoms. The van der Waals surface area contributed by atoms with Crippen molar-refractivity contribution >= 4 is 39.1 Å². The molecule has 8 nitrogen and oxygen atoms in total. The number of anilines is 1. The van der Waals surface area contributed by atoms with Gasteiger partial charge in [0.25, 0.3) is 5.69 Å². The van der Waals surface area contributed by atoms with Crippen LogP contribution in [0.4, 0.5) is 11.4 Å². The molecule has 1 N–H and O–H groups in total. The van der Waals surface area contributed by atoms with Gasteiger partial charge in [-0.15, -0.1) is 0 Å². The van der Waals surface area contributed by atoms with Crippen LogP contribution in [-0.4, -0.2) is 44.3 Å². The van der Waals surface area contributed by atoms with Crippen LogP contribution in [0, 0.1) is 24.0 Å². The lowest BCUT2D eigenvalue weighted by molar-refractivity contribution is -0.384. The minimum absolute atomic E-state index is 0.125. The van der Waals surface area contributed by atoms with E-state index in [2.05, 4.69) is 29.6 Å². The van der Waals surface area contributed by atoms with Crippen molar-refractivity contribution in [2.45, 2.75) is 26.0 Å². The molecule has 2 aromatic carbocycles. The van der Waals surface area contributed by atoms with Gasteiger partial charge in [0.15, 0.2) is 0 Å². The maximum atomic E-state index is 12.3. The molecule has 168 valence electrons. The summed E-state index contributed by atoms with van der Waals surface area (Å²) in [6, 6.07) is 12.3. The van der Waals surface area contributed by atoms with Crippen molar-refractivity contribution in [1.82, 2.24) is 5.32 Å². The molecular formula is C21H27N3O5S2. The molecule has 0 aliphatic carbocycles. The van der Waals surface area contributed by atoms with E-state index in [9.17, 15) is 23.3 Å². The van der Waals surface area contributed by atoms with Gasteiger partial charge in [0.2, 0.25) is 15.9 Å². The SMILES string of the molecule is Cc1ccc(CSCCCNC(=O)CN(c2cc([N+](=O)[O-])ccc2C)S(C)(=O)=O)cc1. The summed E-state index contributed by atoms with van der Waals surface area (Å²) in [5, 5.41) is 13.8. The van der Waals surface area contributed by atoms with Crippen molar-refractivity contribution in [3.63, 3.8) is 0 Å². The first kappa shape index (κ1) is 24.7.